The first kappa shape index (κ1) is 12.2. The first-order chi connectivity index (χ1) is 9.28. The normalized spacial score (nSPS) is 21.8. The molecule has 3 heteroatoms. The minimum Gasteiger partial charge on any atom is -0.497 e. The van der Waals surface area contributed by atoms with Gasteiger partial charge in [-0.25, -0.2) is 0 Å². The molecule has 2 unspecified atom stereocenters. The number of aliphatic hydroxyl groups is 1. The Hall–Kier alpha value is -1.84. The van der Waals surface area contributed by atoms with Crippen molar-refractivity contribution in [3.05, 3.63) is 65.2 Å². The molecule has 0 bridgehead atoms. The molecule has 0 fully saturated rings. The molecule has 19 heavy (non-hydrogen) atoms. The molecule has 1 heterocycles. The summed E-state index contributed by atoms with van der Waals surface area (Å²) in [5.74, 6) is 0.800. The zero-order valence-electron chi connectivity index (χ0n) is 10.7. The van der Waals surface area contributed by atoms with Crippen LogP contribution in [0.5, 0.6) is 5.75 Å². The Morgan fingerprint density at radius 1 is 1.16 bits per heavy atom. The Balaban J connectivity index is 1.92. The van der Waals surface area contributed by atoms with Gasteiger partial charge in [-0.2, -0.15) is 0 Å². The van der Waals surface area contributed by atoms with Gasteiger partial charge < -0.3 is 14.6 Å². The van der Waals surface area contributed by atoms with Crippen molar-refractivity contribution in [3.8, 4) is 5.75 Å². The number of benzene rings is 2. The minimum absolute atomic E-state index is 0.139. The van der Waals surface area contributed by atoms with E-state index in [1.54, 1.807) is 7.11 Å². The smallest absolute Gasteiger partial charge is 0.182 e. The molecule has 3 nitrogen and oxygen atoms in total. The number of hydrogen-bond acceptors (Lipinski definition) is 3. The monoisotopic (exact) mass is 256 g/mol. The maximum Gasteiger partial charge on any atom is 0.182 e. The summed E-state index contributed by atoms with van der Waals surface area (Å²) < 4.78 is 10.9. The molecule has 0 spiro atoms. The summed E-state index contributed by atoms with van der Waals surface area (Å²) in [7, 11) is 1.64. The maximum absolute atomic E-state index is 10.1. The predicted octanol–water partition coefficient (Wildman–Crippen LogP) is 3.00. The summed E-state index contributed by atoms with van der Waals surface area (Å²) in [5, 5.41) is 10.1. The van der Waals surface area contributed by atoms with Crippen LogP contribution in [0.1, 0.15) is 29.1 Å². The lowest BCUT2D eigenvalue weighted by Gasteiger charge is -2.29. The molecule has 0 amide bonds. The van der Waals surface area contributed by atoms with E-state index >= 15 is 0 Å². The zero-order valence-corrected chi connectivity index (χ0v) is 10.7. The van der Waals surface area contributed by atoms with Crippen LogP contribution in [0.2, 0.25) is 0 Å². The van der Waals surface area contributed by atoms with Crippen LogP contribution < -0.4 is 4.74 Å². The lowest BCUT2D eigenvalue weighted by Crippen LogP contribution is -2.20. The third-order valence-corrected chi connectivity index (χ3v) is 3.49. The van der Waals surface area contributed by atoms with E-state index in [0.717, 1.165) is 28.9 Å². The van der Waals surface area contributed by atoms with Crippen molar-refractivity contribution in [3.63, 3.8) is 0 Å². The molecule has 1 aliphatic rings. The topological polar surface area (TPSA) is 38.7 Å². The van der Waals surface area contributed by atoms with Crippen molar-refractivity contribution < 1.29 is 14.6 Å². The second kappa shape index (κ2) is 5.03. The molecule has 1 aliphatic heterocycles. The molecule has 0 radical (unpaired) electrons. The van der Waals surface area contributed by atoms with Crippen LogP contribution in [-0.2, 0) is 11.2 Å². The number of hydrogen-bond donors (Lipinski definition) is 1. The van der Waals surface area contributed by atoms with E-state index in [9.17, 15) is 5.11 Å². The second-order valence-corrected chi connectivity index (χ2v) is 4.66. The molecular formula is C16H16O3. The molecule has 1 N–H and O–H groups in total. The lowest BCUT2D eigenvalue weighted by molar-refractivity contribution is -0.151. The van der Waals surface area contributed by atoms with Gasteiger partial charge in [0.1, 0.15) is 5.75 Å². The van der Waals surface area contributed by atoms with Gasteiger partial charge in [0.05, 0.1) is 13.2 Å². The molecule has 0 aromatic heterocycles. The van der Waals surface area contributed by atoms with Crippen molar-refractivity contribution in [2.45, 2.75) is 18.8 Å². The van der Waals surface area contributed by atoms with Crippen LogP contribution in [0.3, 0.4) is 0 Å². The second-order valence-electron chi connectivity index (χ2n) is 4.66. The minimum atomic E-state index is -0.860. The largest absolute Gasteiger partial charge is 0.497 e. The SMILES string of the molecule is COc1cccc(C2Cc3ccccc3C(O)O2)c1. The van der Waals surface area contributed by atoms with E-state index in [1.165, 1.54) is 0 Å². The highest BCUT2D eigenvalue weighted by Gasteiger charge is 2.26. The molecule has 2 atom stereocenters. The summed E-state index contributed by atoms with van der Waals surface area (Å²) in [4.78, 5) is 0. The number of ether oxygens (including phenoxy) is 2. The average Bonchev–Trinajstić information content (AvgIpc) is 2.47. The van der Waals surface area contributed by atoms with Crippen molar-refractivity contribution in [2.75, 3.05) is 7.11 Å². The van der Waals surface area contributed by atoms with E-state index in [0.29, 0.717) is 0 Å². The van der Waals surface area contributed by atoms with Crippen LogP contribution in [-0.4, -0.2) is 12.2 Å². The zero-order chi connectivity index (χ0) is 13.2. The molecular weight excluding hydrogens is 240 g/mol. The van der Waals surface area contributed by atoms with Crippen LogP contribution in [0.15, 0.2) is 48.5 Å². The summed E-state index contributed by atoms with van der Waals surface area (Å²) in [6.07, 6.45) is -0.235. The van der Waals surface area contributed by atoms with Crippen molar-refractivity contribution in [1.82, 2.24) is 0 Å². The van der Waals surface area contributed by atoms with Gasteiger partial charge in [0.15, 0.2) is 6.29 Å². The third-order valence-electron chi connectivity index (χ3n) is 3.49. The first-order valence-corrected chi connectivity index (χ1v) is 6.33. The average molecular weight is 256 g/mol. The summed E-state index contributed by atoms with van der Waals surface area (Å²) >= 11 is 0. The highest BCUT2D eigenvalue weighted by Crippen LogP contribution is 2.36. The fraction of sp³-hybridized carbons (Fsp3) is 0.250. The molecule has 0 saturated carbocycles. The van der Waals surface area contributed by atoms with Crippen LogP contribution in [0.4, 0.5) is 0 Å². The van der Waals surface area contributed by atoms with Crippen LogP contribution in [0.25, 0.3) is 0 Å². The molecule has 2 aromatic carbocycles. The van der Waals surface area contributed by atoms with Gasteiger partial charge >= 0.3 is 0 Å². The Morgan fingerprint density at radius 3 is 2.84 bits per heavy atom. The number of rotatable bonds is 2. The maximum atomic E-state index is 10.1. The summed E-state index contributed by atoms with van der Waals surface area (Å²) in [5.41, 5.74) is 3.02. The third kappa shape index (κ3) is 2.35. The lowest BCUT2D eigenvalue weighted by atomic mass is 9.94. The van der Waals surface area contributed by atoms with E-state index in [4.69, 9.17) is 9.47 Å². The molecule has 0 aliphatic carbocycles. The number of fused-ring (bicyclic) bond motifs is 1. The molecule has 98 valence electrons. The van der Waals surface area contributed by atoms with E-state index < -0.39 is 6.29 Å². The Morgan fingerprint density at radius 2 is 2.00 bits per heavy atom. The molecule has 2 aromatic rings. The van der Waals surface area contributed by atoms with Gasteiger partial charge in [-0.1, -0.05) is 36.4 Å². The fourth-order valence-electron chi connectivity index (χ4n) is 2.48. The van der Waals surface area contributed by atoms with Gasteiger partial charge in [-0.15, -0.1) is 0 Å². The van der Waals surface area contributed by atoms with E-state index in [-0.39, 0.29) is 6.10 Å². The Bertz CT molecular complexity index is 580. The predicted molar refractivity (Wildman–Crippen MR) is 71.9 cm³/mol. The van der Waals surface area contributed by atoms with Gasteiger partial charge in [0.25, 0.3) is 0 Å². The standard InChI is InChI=1S/C16H16O3/c1-18-13-7-4-6-12(9-13)15-10-11-5-2-3-8-14(11)16(17)19-15/h2-9,15-17H,10H2,1H3. The molecule has 3 rings (SSSR count). The van der Waals surface area contributed by atoms with E-state index in [2.05, 4.69) is 0 Å². The van der Waals surface area contributed by atoms with Gasteiger partial charge in [-0.3, -0.25) is 0 Å². The van der Waals surface area contributed by atoms with Gasteiger partial charge in [0.2, 0.25) is 0 Å². The Labute approximate surface area is 112 Å². The number of aliphatic hydroxyl groups excluding tert-OH is 1. The number of methoxy groups -OCH3 is 1. The van der Waals surface area contributed by atoms with Gasteiger partial charge in [-0.05, 0) is 23.3 Å². The van der Waals surface area contributed by atoms with Crippen molar-refractivity contribution in [2.24, 2.45) is 0 Å². The van der Waals surface area contributed by atoms with Crippen LogP contribution in [0, 0.1) is 0 Å². The summed E-state index contributed by atoms with van der Waals surface area (Å²) in [6, 6.07) is 15.6. The Kier molecular flexibility index (Phi) is 3.23. The highest BCUT2D eigenvalue weighted by atomic mass is 16.6. The highest BCUT2D eigenvalue weighted by molar-refractivity contribution is 5.35. The fourth-order valence-corrected chi connectivity index (χ4v) is 2.48. The van der Waals surface area contributed by atoms with Crippen molar-refractivity contribution >= 4 is 0 Å². The van der Waals surface area contributed by atoms with Crippen molar-refractivity contribution in [1.29, 1.82) is 0 Å². The molecule has 0 saturated heterocycles. The van der Waals surface area contributed by atoms with E-state index in [1.807, 2.05) is 48.5 Å². The van der Waals surface area contributed by atoms with Crippen LogP contribution >= 0.6 is 0 Å². The quantitative estimate of drug-likeness (QED) is 0.897. The van der Waals surface area contributed by atoms with Gasteiger partial charge in [0, 0.05) is 12.0 Å². The summed E-state index contributed by atoms with van der Waals surface area (Å²) in [6.45, 7) is 0. The first-order valence-electron chi connectivity index (χ1n) is 6.33.